The number of benzene rings is 1. The maximum atomic E-state index is 12.9. The zero-order valence-electron chi connectivity index (χ0n) is 16.5. The van der Waals surface area contributed by atoms with Crippen LogP contribution in [0.25, 0.3) is 0 Å². The fourth-order valence-corrected chi connectivity index (χ4v) is 4.96. The maximum absolute atomic E-state index is 12.9. The molecule has 4 aliphatic rings. The first-order chi connectivity index (χ1) is 14.2. The smallest absolute Gasteiger partial charge is 0.231 e. The van der Waals surface area contributed by atoms with Crippen LogP contribution in [0, 0.1) is 11.8 Å². The van der Waals surface area contributed by atoms with E-state index in [0.717, 1.165) is 55.2 Å². The number of aromatic nitrogens is 3. The Balaban J connectivity index is 1.17. The van der Waals surface area contributed by atoms with E-state index in [-0.39, 0.29) is 18.6 Å². The molecule has 2 bridgehead atoms. The van der Waals surface area contributed by atoms with Gasteiger partial charge in [-0.05, 0) is 23.6 Å². The van der Waals surface area contributed by atoms with Gasteiger partial charge >= 0.3 is 0 Å². The summed E-state index contributed by atoms with van der Waals surface area (Å²) in [5, 5.41) is 11.5. The first-order valence-corrected chi connectivity index (χ1v) is 10.4. The molecule has 29 heavy (non-hydrogen) atoms. The van der Waals surface area contributed by atoms with Crippen LogP contribution in [0.2, 0.25) is 0 Å². The SMILES string of the molecule is [NH3+]Cc1cn(C[C@H]2C[C@@H]3CC[NH+]2C[C@@H]3C(=O)NCc2ccc3c(c2)OCO3)nn1. The number of nitrogens with one attached hydrogen (secondary N) is 2. The molecule has 1 aromatic heterocycles. The molecule has 9 nitrogen and oxygen atoms in total. The number of hydrogen-bond acceptors (Lipinski definition) is 5. The van der Waals surface area contributed by atoms with Crippen molar-refractivity contribution in [2.45, 2.75) is 38.5 Å². The summed E-state index contributed by atoms with van der Waals surface area (Å²) in [6.07, 6.45) is 4.18. The standard InChI is InChI=1S/C20H26N6O3/c21-7-15-9-26(24-23-15)10-16-6-14-3-4-25(16)11-17(14)20(27)22-8-13-1-2-18-19(5-13)29-12-28-18/h1-2,5,9,14,16-17H,3-4,6-8,10-12,21H2,(H,22,27)/p+2/t14-,16+,17-/m0/s1. The van der Waals surface area contributed by atoms with Gasteiger partial charge in [0.15, 0.2) is 11.5 Å². The number of carbonyl (C=O) groups excluding carboxylic acids is 1. The second-order valence-corrected chi connectivity index (χ2v) is 8.29. The van der Waals surface area contributed by atoms with Crippen LogP contribution < -0.4 is 25.4 Å². The quantitative estimate of drug-likeness (QED) is 0.539. The summed E-state index contributed by atoms with van der Waals surface area (Å²) in [6, 6.07) is 6.32. The van der Waals surface area contributed by atoms with E-state index in [0.29, 0.717) is 25.0 Å². The van der Waals surface area contributed by atoms with Crippen molar-refractivity contribution >= 4 is 5.91 Å². The van der Waals surface area contributed by atoms with E-state index in [1.165, 1.54) is 4.90 Å². The summed E-state index contributed by atoms with van der Waals surface area (Å²) in [5.41, 5.74) is 5.82. The van der Waals surface area contributed by atoms with Crippen LogP contribution in [0.3, 0.4) is 0 Å². The van der Waals surface area contributed by atoms with Gasteiger partial charge in [0.2, 0.25) is 12.7 Å². The van der Waals surface area contributed by atoms with Gasteiger partial charge in [-0.3, -0.25) is 4.79 Å². The van der Waals surface area contributed by atoms with Gasteiger partial charge in [0, 0.05) is 19.4 Å². The molecule has 5 N–H and O–H groups in total. The molecule has 9 heteroatoms. The Morgan fingerprint density at radius 1 is 1.34 bits per heavy atom. The van der Waals surface area contributed by atoms with Crippen LogP contribution in [0.4, 0.5) is 0 Å². The Bertz CT molecular complexity index is 900. The number of nitrogens with zero attached hydrogens (tertiary/aromatic N) is 3. The molecular formula is C20H28N6O3+2. The molecule has 2 aromatic rings. The highest BCUT2D eigenvalue weighted by atomic mass is 16.7. The van der Waals surface area contributed by atoms with Gasteiger partial charge in [-0.1, -0.05) is 11.3 Å². The second-order valence-electron chi connectivity index (χ2n) is 8.29. The van der Waals surface area contributed by atoms with Gasteiger partial charge in [-0.25, -0.2) is 4.68 Å². The monoisotopic (exact) mass is 400 g/mol. The Morgan fingerprint density at radius 2 is 2.24 bits per heavy atom. The minimum Gasteiger partial charge on any atom is -0.454 e. The predicted molar refractivity (Wildman–Crippen MR) is 102 cm³/mol. The van der Waals surface area contributed by atoms with E-state index in [2.05, 4.69) is 21.4 Å². The third-order valence-corrected chi connectivity index (χ3v) is 6.54. The van der Waals surface area contributed by atoms with E-state index in [1.807, 2.05) is 29.1 Å². The lowest BCUT2D eigenvalue weighted by molar-refractivity contribution is -0.945. The lowest BCUT2D eigenvalue weighted by Gasteiger charge is -2.46. The van der Waals surface area contributed by atoms with E-state index >= 15 is 0 Å². The molecule has 154 valence electrons. The van der Waals surface area contributed by atoms with Gasteiger partial charge in [0.1, 0.15) is 18.3 Å². The summed E-state index contributed by atoms with van der Waals surface area (Å²) in [4.78, 5) is 14.4. The van der Waals surface area contributed by atoms with Crippen molar-refractivity contribution in [2.75, 3.05) is 19.9 Å². The third kappa shape index (κ3) is 3.67. The highest BCUT2D eigenvalue weighted by Gasteiger charge is 2.46. The molecule has 0 saturated carbocycles. The van der Waals surface area contributed by atoms with Crippen LogP contribution in [-0.4, -0.2) is 46.8 Å². The normalized spacial score (nSPS) is 27.2. The molecular weight excluding hydrogens is 372 g/mol. The first-order valence-electron chi connectivity index (χ1n) is 10.4. The molecule has 4 aliphatic heterocycles. The van der Waals surface area contributed by atoms with Crippen molar-refractivity contribution in [3.05, 3.63) is 35.7 Å². The van der Waals surface area contributed by atoms with Crippen molar-refractivity contribution in [3.8, 4) is 11.5 Å². The molecule has 3 saturated heterocycles. The highest BCUT2D eigenvalue weighted by molar-refractivity contribution is 5.79. The predicted octanol–water partition coefficient (Wildman–Crippen LogP) is -1.64. The Kier molecular flexibility index (Phi) is 4.84. The number of hydrogen-bond donors (Lipinski definition) is 3. The lowest BCUT2D eigenvalue weighted by atomic mass is 9.75. The zero-order valence-corrected chi connectivity index (χ0v) is 16.5. The van der Waals surface area contributed by atoms with Gasteiger partial charge in [0.25, 0.3) is 0 Å². The van der Waals surface area contributed by atoms with Crippen molar-refractivity contribution in [1.82, 2.24) is 20.3 Å². The molecule has 1 amide bonds. The number of carbonyl (C=O) groups is 1. The minimum atomic E-state index is 0.0927. The Labute approximate surface area is 169 Å². The summed E-state index contributed by atoms with van der Waals surface area (Å²) in [6.45, 7) is 4.35. The minimum absolute atomic E-state index is 0.0927. The molecule has 3 fully saturated rings. The number of fused-ring (bicyclic) bond motifs is 4. The molecule has 0 spiro atoms. The number of rotatable bonds is 6. The molecule has 4 atom stereocenters. The molecule has 5 heterocycles. The van der Waals surface area contributed by atoms with Crippen LogP contribution >= 0.6 is 0 Å². The highest BCUT2D eigenvalue weighted by Crippen LogP contribution is 2.32. The maximum Gasteiger partial charge on any atom is 0.231 e. The summed E-state index contributed by atoms with van der Waals surface area (Å²) < 4.78 is 12.7. The van der Waals surface area contributed by atoms with Crippen LogP contribution in [0.1, 0.15) is 24.1 Å². The Morgan fingerprint density at radius 3 is 3.03 bits per heavy atom. The van der Waals surface area contributed by atoms with E-state index in [4.69, 9.17) is 9.47 Å². The van der Waals surface area contributed by atoms with Crippen molar-refractivity contribution in [3.63, 3.8) is 0 Å². The largest absolute Gasteiger partial charge is 0.454 e. The average molecular weight is 400 g/mol. The molecule has 6 rings (SSSR count). The van der Waals surface area contributed by atoms with Crippen LogP contribution in [0.5, 0.6) is 11.5 Å². The zero-order chi connectivity index (χ0) is 19.8. The van der Waals surface area contributed by atoms with Crippen molar-refractivity contribution < 1.29 is 24.9 Å². The van der Waals surface area contributed by atoms with Gasteiger partial charge in [-0.2, -0.15) is 0 Å². The average Bonchev–Trinajstić information content (AvgIpc) is 3.41. The van der Waals surface area contributed by atoms with Crippen molar-refractivity contribution in [2.24, 2.45) is 11.8 Å². The van der Waals surface area contributed by atoms with Gasteiger partial charge < -0.3 is 25.4 Å². The molecule has 0 radical (unpaired) electrons. The van der Waals surface area contributed by atoms with Gasteiger partial charge in [0.05, 0.1) is 31.7 Å². The van der Waals surface area contributed by atoms with E-state index < -0.39 is 0 Å². The van der Waals surface area contributed by atoms with E-state index in [9.17, 15) is 4.79 Å². The Hall–Kier alpha value is -2.65. The third-order valence-electron chi connectivity index (χ3n) is 6.54. The second kappa shape index (κ2) is 7.64. The summed E-state index contributed by atoms with van der Waals surface area (Å²) in [7, 11) is 0. The number of piperidine rings is 3. The van der Waals surface area contributed by atoms with Crippen LogP contribution in [-0.2, 0) is 24.4 Å². The number of amides is 1. The van der Waals surface area contributed by atoms with Crippen molar-refractivity contribution in [1.29, 1.82) is 0 Å². The molecule has 1 unspecified atom stereocenters. The topological polar surface area (TPSA) is 110 Å². The van der Waals surface area contributed by atoms with E-state index in [1.54, 1.807) is 0 Å². The summed E-state index contributed by atoms with van der Waals surface area (Å²) >= 11 is 0. The molecule has 0 aliphatic carbocycles. The number of quaternary nitrogens is 2. The lowest BCUT2D eigenvalue weighted by Crippen LogP contribution is -3.20. The molecule has 1 aromatic carbocycles. The fourth-order valence-electron chi connectivity index (χ4n) is 4.96. The first kappa shape index (κ1) is 18.4. The fraction of sp³-hybridized carbons (Fsp3) is 0.550. The van der Waals surface area contributed by atoms with Gasteiger partial charge in [-0.15, -0.1) is 5.10 Å². The summed E-state index contributed by atoms with van der Waals surface area (Å²) in [5.74, 6) is 2.23. The number of ether oxygens (including phenoxy) is 2. The van der Waals surface area contributed by atoms with Crippen LogP contribution in [0.15, 0.2) is 24.4 Å².